The van der Waals surface area contributed by atoms with E-state index in [1.165, 1.54) is 12.1 Å². The molecule has 2 aromatic carbocycles. The molecule has 0 saturated carbocycles. The Morgan fingerprint density at radius 3 is 2.57 bits per heavy atom. The van der Waals surface area contributed by atoms with Crippen molar-refractivity contribution in [2.75, 3.05) is 5.32 Å². The van der Waals surface area contributed by atoms with Gasteiger partial charge in [-0.3, -0.25) is 0 Å². The van der Waals surface area contributed by atoms with E-state index in [0.717, 1.165) is 17.7 Å². The molecule has 0 bridgehead atoms. The minimum absolute atomic E-state index is 0.127. The molecule has 0 aliphatic heterocycles. The van der Waals surface area contributed by atoms with Gasteiger partial charge in [-0.2, -0.15) is 0 Å². The molecule has 0 fully saturated rings. The van der Waals surface area contributed by atoms with Crippen molar-refractivity contribution < 1.29 is 4.39 Å². The number of hydrogen-bond acceptors (Lipinski definition) is 2. The lowest BCUT2D eigenvalue weighted by Crippen LogP contribution is -2.21. The lowest BCUT2D eigenvalue weighted by Gasteiger charge is -2.18. The van der Waals surface area contributed by atoms with E-state index >= 15 is 0 Å². The summed E-state index contributed by atoms with van der Waals surface area (Å²) < 4.78 is 12.9. The van der Waals surface area contributed by atoms with E-state index in [1.54, 1.807) is 18.2 Å². The summed E-state index contributed by atoms with van der Waals surface area (Å²) in [5.41, 5.74) is 8.24. The van der Waals surface area contributed by atoms with Gasteiger partial charge in [0.1, 0.15) is 10.8 Å². The van der Waals surface area contributed by atoms with Gasteiger partial charge in [-0.05, 0) is 43.2 Å². The molecule has 5 heteroatoms. The average Bonchev–Trinajstić information content (AvgIpc) is 2.41. The molecular formula is C16H16ClFN2S. The maximum atomic E-state index is 12.9. The predicted octanol–water partition coefficient (Wildman–Crippen LogP) is 4.16. The minimum atomic E-state index is -0.232. The first-order valence-electron chi connectivity index (χ1n) is 6.56. The molecule has 0 radical (unpaired) electrons. The van der Waals surface area contributed by atoms with Crippen LogP contribution in [0.3, 0.4) is 0 Å². The highest BCUT2D eigenvalue weighted by Gasteiger charge is 2.12. The van der Waals surface area contributed by atoms with Crippen LogP contribution >= 0.6 is 23.8 Å². The van der Waals surface area contributed by atoms with Crippen molar-refractivity contribution in [1.29, 1.82) is 0 Å². The Morgan fingerprint density at radius 2 is 1.95 bits per heavy atom. The largest absolute Gasteiger partial charge is 0.389 e. The summed E-state index contributed by atoms with van der Waals surface area (Å²) in [5, 5.41) is 3.88. The van der Waals surface area contributed by atoms with Crippen molar-refractivity contribution in [1.82, 2.24) is 0 Å². The van der Waals surface area contributed by atoms with E-state index in [2.05, 4.69) is 5.32 Å². The lowest BCUT2D eigenvalue weighted by atomic mass is 10.1. The van der Waals surface area contributed by atoms with Crippen LogP contribution in [-0.4, -0.2) is 11.0 Å². The van der Waals surface area contributed by atoms with E-state index in [4.69, 9.17) is 29.6 Å². The van der Waals surface area contributed by atoms with Crippen molar-refractivity contribution in [3.8, 4) is 0 Å². The molecular weight excluding hydrogens is 307 g/mol. The van der Waals surface area contributed by atoms with Gasteiger partial charge in [-0.15, -0.1) is 0 Å². The summed E-state index contributed by atoms with van der Waals surface area (Å²) in [7, 11) is 0. The van der Waals surface area contributed by atoms with Gasteiger partial charge >= 0.3 is 0 Å². The van der Waals surface area contributed by atoms with Gasteiger partial charge in [0.15, 0.2) is 0 Å². The number of nitrogens with two attached hydrogens (primary N) is 1. The predicted molar refractivity (Wildman–Crippen MR) is 90.5 cm³/mol. The van der Waals surface area contributed by atoms with Crippen LogP contribution in [-0.2, 0) is 6.42 Å². The number of hydrogen-bond donors (Lipinski definition) is 2. The third-order valence-corrected chi connectivity index (χ3v) is 3.64. The smallest absolute Gasteiger partial charge is 0.123 e. The molecule has 0 amide bonds. The highest BCUT2D eigenvalue weighted by Crippen LogP contribution is 2.25. The Bertz CT molecular complexity index is 643. The molecule has 2 nitrogen and oxygen atoms in total. The highest BCUT2D eigenvalue weighted by molar-refractivity contribution is 7.80. The molecule has 1 atom stereocenters. The number of halogens is 2. The zero-order valence-electron chi connectivity index (χ0n) is 11.6. The second kappa shape index (κ2) is 6.87. The molecule has 0 saturated heterocycles. The van der Waals surface area contributed by atoms with Gasteiger partial charge in [-0.1, -0.05) is 42.0 Å². The second-order valence-electron chi connectivity index (χ2n) is 4.90. The number of benzene rings is 2. The van der Waals surface area contributed by atoms with E-state index in [0.29, 0.717) is 10.6 Å². The molecule has 21 heavy (non-hydrogen) atoms. The van der Waals surface area contributed by atoms with Gasteiger partial charge in [0.25, 0.3) is 0 Å². The van der Waals surface area contributed by atoms with Gasteiger partial charge in [0, 0.05) is 11.7 Å². The van der Waals surface area contributed by atoms with Crippen LogP contribution in [0.5, 0.6) is 0 Å². The summed E-state index contributed by atoms with van der Waals surface area (Å²) in [6.07, 6.45) is 0.754. The first-order valence-corrected chi connectivity index (χ1v) is 7.35. The van der Waals surface area contributed by atoms with E-state index in [1.807, 2.05) is 19.1 Å². The van der Waals surface area contributed by atoms with E-state index < -0.39 is 0 Å². The summed E-state index contributed by atoms with van der Waals surface area (Å²) in [4.78, 5) is 0.261. The molecule has 110 valence electrons. The molecule has 0 aliphatic rings. The zero-order valence-corrected chi connectivity index (χ0v) is 13.1. The van der Waals surface area contributed by atoms with E-state index in [-0.39, 0.29) is 16.8 Å². The molecule has 0 aliphatic carbocycles. The Kier molecular flexibility index (Phi) is 5.15. The first kappa shape index (κ1) is 15.7. The van der Waals surface area contributed by atoms with Crippen LogP contribution < -0.4 is 11.1 Å². The summed E-state index contributed by atoms with van der Waals surface area (Å²) >= 11 is 11.2. The maximum Gasteiger partial charge on any atom is 0.123 e. The van der Waals surface area contributed by atoms with Crippen molar-refractivity contribution in [2.45, 2.75) is 19.4 Å². The minimum Gasteiger partial charge on any atom is -0.389 e. The van der Waals surface area contributed by atoms with Crippen LogP contribution in [0, 0.1) is 5.82 Å². The fraction of sp³-hybridized carbons (Fsp3) is 0.188. The maximum absolute atomic E-state index is 12.9. The van der Waals surface area contributed by atoms with Crippen LogP contribution in [0.1, 0.15) is 18.1 Å². The van der Waals surface area contributed by atoms with Crippen molar-refractivity contribution in [3.05, 3.63) is 64.4 Å². The summed E-state index contributed by atoms with van der Waals surface area (Å²) in [6, 6.07) is 12.1. The molecule has 0 spiro atoms. The fourth-order valence-electron chi connectivity index (χ4n) is 2.19. The van der Waals surface area contributed by atoms with E-state index in [9.17, 15) is 4.39 Å². The Morgan fingerprint density at radius 1 is 1.29 bits per heavy atom. The number of thiocarbonyl (C=S) groups is 1. The number of rotatable bonds is 5. The standard InChI is InChI=1S/C16H16ClFN2S/c1-10(9-11-5-7-12(18)8-6-11)20-14-4-2-3-13(17)15(14)16(19)21/h2-8,10,20H,9H2,1H3,(H2,19,21). The van der Waals surface area contributed by atoms with Gasteiger partial charge in [0.05, 0.1) is 10.6 Å². The summed E-state index contributed by atoms with van der Waals surface area (Å²) in [5.74, 6) is -0.232. The molecule has 1 unspecified atom stereocenters. The Balaban J connectivity index is 2.13. The SMILES string of the molecule is CC(Cc1ccc(F)cc1)Nc1cccc(Cl)c1C(N)=S. The molecule has 2 rings (SSSR count). The second-order valence-corrected chi connectivity index (χ2v) is 5.75. The molecule has 2 aromatic rings. The number of anilines is 1. The third kappa shape index (κ3) is 4.16. The van der Waals surface area contributed by atoms with Crippen molar-refractivity contribution in [2.24, 2.45) is 5.73 Å². The molecule has 0 aromatic heterocycles. The Hall–Kier alpha value is -1.65. The average molecular weight is 323 g/mol. The normalized spacial score (nSPS) is 12.0. The third-order valence-electron chi connectivity index (χ3n) is 3.12. The lowest BCUT2D eigenvalue weighted by molar-refractivity contribution is 0.626. The van der Waals surface area contributed by atoms with Gasteiger partial charge < -0.3 is 11.1 Å². The fourth-order valence-corrected chi connectivity index (χ4v) is 2.74. The van der Waals surface area contributed by atoms with Gasteiger partial charge in [-0.25, -0.2) is 4.39 Å². The van der Waals surface area contributed by atoms with Crippen LogP contribution in [0.4, 0.5) is 10.1 Å². The summed E-state index contributed by atoms with van der Waals surface area (Å²) in [6.45, 7) is 2.04. The van der Waals surface area contributed by atoms with Gasteiger partial charge in [0.2, 0.25) is 0 Å². The highest BCUT2D eigenvalue weighted by atomic mass is 35.5. The van der Waals surface area contributed by atoms with Crippen LogP contribution in [0.25, 0.3) is 0 Å². The number of nitrogens with one attached hydrogen (secondary N) is 1. The first-order chi connectivity index (χ1) is 9.97. The quantitative estimate of drug-likeness (QED) is 0.812. The van der Waals surface area contributed by atoms with Crippen LogP contribution in [0.2, 0.25) is 5.02 Å². The Labute approximate surface area is 134 Å². The molecule has 0 heterocycles. The monoisotopic (exact) mass is 322 g/mol. The topological polar surface area (TPSA) is 38.0 Å². The van der Waals surface area contributed by atoms with Crippen LogP contribution in [0.15, 0.2) is 42.5 Å². The van der Waals surface area contributed by atoms with Crippen molar-refractivity contribution >= 4 is 34.5 Å². The molecule has 3 N–H and O–H groups in total. The zero-order chi connectivity index (χ0) is 15.4. The van der Waals surface area contributed by atoms with Crippen molar-refractivity contribution in [3.63, 3.8) is 0 Å².